The lowest BCUT2D eigenvalue weighted by atomic mass is 9.45. The molecule has 1 unspecified atom stereocenters. The van der Waals surface area contributed by atoms with Crippen LogP contribution in [0.4, 0.5) is 0 Å². The summed E-state index contributed by atoms with van der Waals surface area (Å²) in [6.07, 6.45) is 6.99. The number of hydrogen-bond acceptors (Lipinski definition) is 7. The van der Waals surface area contributed by atoms with Gasteiger partial charge in [0.15, 0.2) is 0 Å². The topological polar surface area (TPSA) is 96.0 Å². The van der Waals surface area contributed by atoms with E-state index in [-0.39, 0.29) is 29.1 Å². The largest absolute Gasteiger partial charge is 0.469 e. The predicted molar refractivity (Wildman–Crippen MR) is 143 cm³/mol. The van der Waals surface area contributed by atoms with Gasteiger partial charge in [-0.3, -0.25) is 14.4 Å². The van der Waals surface area contributed by atoms with Crippen LogP contribution in [0.1, 0.15) is 71.8 Å². The number of aldehydes is 1. The number of fused-ring (bicyclic) bond motifs is 2. The summed E-state index contributed by atoms with van der Waals surface area (Å²) in [7, 11) is 1.46. The number of carbonyl (C=O) groups excluding carboxylic acids is 4. The quantitative estimate of drug-likeness (QED) is 0.256. The first-order valence-corrected chi connectivity index (χ1v) is 13.5. The molecule has 0 radical (unpaired) electrons. The number of carbonyl (C=O) groups is 4. The minimum absolute atomic E-state index is 0.0520. The summed E-state index contributed by atoms with van der Waals surface area (Å²) >= 11 is 0. The van der Waals surface area contributed by atoms with Crippen LogP contribution in [0, 0.1) is 28.6 Å². The maximum absolute atomic E-state index is 12.9. The third kappa shape index (κ3) is 5.07. The second-order valence-corrected chi connectivity index (χ2v) is 11.5. The molecule has 0 bridgehead atoms. The Kier molecular flexibility index (Phi) is 7.96. The molecule has 0 aromatic heterocycles. The number of benzene rings is 2. The van der Waals surface area contributed by atoms with Gasteiger partial charge in [-0.05, 0) is 86.5 Å². The Morgan fingerprint density at radius 1 is 0.947 bits per heavy atom. The van der Waals surface area contributed by atoms with Crippen LogP contribution in [-0.2, 0) is 30.3 Å². The first-order chi connectivity index (χ1) is 18.0. The minimum atomic E-state index is -0.539. The molecule has 204 valence electrons. The van der Waals surface area contributed by atoms with Gasteiger partial charge in [-0.15, -0.1) is 0 Å². The zero-order valence-corrected chi connectivity index (χ0v) is 23.0. The van der Waals surface area contributed by atoms with Crippen LogP contribution in [0.25, 0.3) is 10.8 Å². The Labute approximate surface area is 224 Å². The number of esters is 3. The van der Waals surface area contributed by atoms with Gasteiger partial charge in [0.2, 0.25) is 0 Å². The van der Waals surface area contributed by atoms with Crippen molar-refractivity contribution < 1.29 is 33.4 Å². The van der Waals surface area contributed by atoms with Gasteiger partial charge >= 0.3 is 17.9 Å². The van der Waals surface area contributed by atoms with Crippen molar-refractivity contribution in [3.05, 3.63) is 35.9 Å². The lowest BCUT2D eigenvalue weighted by Crippen LogP contribution is -2.55. The Morgan fingerprint density at radius 2 is 1.61 bits per heavy atom. The van der Waals surface area contributed by atoms with Crippen LogP contribution in [0.3, 0.4) is 0 Å². The van der Waals surface area contributed by atoms with E-state index < -0.39 is 17.4 Å². The third-order valence-corrected chi connectivity index (χ3v) is 9.21. The normalized spacial score (nSPS) is 28.7. The van der Waals surface area contributed by atoms with Crippen molar-refractivity contribution in [2.45, 2.75) is 72.6 Å². The average molecular weight is 523 g/mol. The number of methoxy groups -OCH3 is 1. The minimum Gasteiger partial charge on any atom is -0.469 e. The highest BCUT2D eigenvalue weighted by atomic mass is 16.5. The van der Waals surface area contributed by atoms with Crippen LogP contribution in [0.2, 0.25) is 0 Å². The summed E-state index contributed by atoms with van der Waals surface area (Å²) in [5, 5.41) is 1.37. The number of rotatable bonds is 7. The van der Waals surface area contributed by atoms with Gasteiger partial charge in [0.1, 0.15) is 17.8 Å². The molecule has 7 heteroatoms. The van der Waals surface area contributed by atoms with Crippen molar-refractivity contribution in [2.24, 2.45) is 28.6 Å². The van der Waals surface area contributed by atoms with Gasteiger partial charge in [0.05, 0.1) is 12.5 Å². The Balaban J connectivity index is 1.66. The zero-order chi connectivity index (χ0) is 27.7. The number of ether oxygens (including phenoxy) is 3. The van der Waals surface area contributed by atoms with Gasteiger partial charge in [0.25, 0.3) is 0 Å². The van der Waals surface area contributed by atoms with E-state index in [0.717, 1.165) is 56.8 Å². The van der Waals surface area contributed by atoms with E-state index in [0.29, 0.717) is 22.3 Å². The van der Waals surface area contributed by atoms with E-state index in [1.807, 2.05) is 25.1 Å². The molecule has 2 aromatic rings. The molecular weight excluding hydrogens is 484 g/mol. The van der Waals surface area contributed by atoms with Crippen molar-refractivity contribution in [3.8, 4) is 11.5 Å². The molecular formula is C31H38O7. The summed E-state index contributed by atoms with van der Waals surface area (Å²) in [4.78, 5) is 48.4. The lowest BCUT2D eigenvalue weighted by molar-refractivity contribution is -0.173. The van der Waals surface area contributed by atoms with Crippen molar-refractivity contribution in [1.29, 1.82) is 0 Å². The molecule has 7 nitrogen and oxygen atoms in total. The van der Waals surface area contributed by atoms with E-state index in [1.165, 1.54) is 21.0 Å². The molecule has 0 N–H and O–H groups in total. The van der Waals surface area contributed by atoms with Gasteiger partial charge < -0.3 is 19.0 Å². The summed E-state index contributed by atoms with van der Waals surface area (Å²) < 4.78 is 16.1. The molecule has 2 saturated carbocycles. The number of hydrogen-bond donors (Lipinski definition) is 0. The Hall–Kier alpha value is -3.22. The van der Waals surface area contributed by atoms with Gasteiger partial charge in [-0.2, -0.15) is 0 Å². The highest BCUT2D eigenvalue weighted by Gasteiger charge is 2.58. The molecule has 0 amide bonds. The number of aryl methyl sites for hydroxylation is 1. The monoisotopic (exact) mass is 522 g/mol. The SMILES string of the molecule is COC(=O)[C@@]1(C)CCC[C@@]2(C)C1CC[C@H](C=O)[C@@H]2CCc1ccc2c(OC(C)=O)ccc(OC(C)=O)c2c1. The van der Waals surface area contributed by atoms with Crippen molar-refractivity contribution in [2.75, 3.05) is 7.11 Å². The second-order valence-electron chi connectivity index (χ2n) is 11.5. The highest BCUT2D eigenvalue weighted by Crippen LogP contribution is 2.62. The second kappa shape index (κ2) is 10.9. The van der Waals surface area contributed by atoms with Crippen LogP contribution in [0.15, 0.2) is 30.3 Å². The summed E-state index contributed by atoms with van der Waals surface area (Å²) in [6.45, 7) is 7.00. The summed E-state index contributed by atoms with van der Waals surface area (Å²) in [6, 6.07) is 9.11. The first-order valence-electron chi connectivity index (χ1n) is 13.5. The van der Waals surface area contributed by atoms with Crippen molar-refractivity contribution >= 4 is 35.0 Å². The van der Waals surface area contributed by atoms with Crippen LogP contribution < -0.4 is 9.47 Å². The van der Waals surface area contributed by atoms with Crippen molar-refractivity contribution in [1.82, 2.24) is 0 Å². The van der Waals surface area contributed by atoms with Crippen LogP contribution in [0.5, 0.6) is 11.5 Å². The van der Waals surface area contributed by atoms with E-state index in [2.05, 4.69) is 6.92 Å². The van der Waals surface area contributed by atoms with E-state index >= 15 is 0 Å². The van der Waals surface area contributed by atoms with Crippen molar-refractivity contribution in [3.63, 3.8) is 0 Å². The molecule has 2 aromatic carbocycles. The van der Waals surface area contributed by atoms with E-state index in [1.54, 1.807) is 12.1 Å². The molecule has 5 atom stereocenters. The Morgan fingerprint density at radius 3 is 2.21 bits per heavy atom. The first kappa shape index (κ1) is 27.8. The summed E-state index contributed by atoms with van der Waals surface area (Å²) in [5.74, 6) is 0.0521. The third-order valence-electron chi connectivity index (χ3n) is 9.21. The van der Waals surface area contributed by atoms with E-state index in [4.69, 9.17) is 14.2 Å². The molecule has 0 spiro atoms. The summed E-state index contributed by atoms with van der Waals surface area (Å²) in [5.41, 5.74) is 0.351. The molecule has 0 saturated heterocycles. The standard InChI is InChI=1S/C31H38O7/c1-19(33)37-26-12-13-27(38-20(2)34)24-17-21(7-10-23(24)26)8-11-25-22(18-32)9-14-28-30(25,3)15-6-16-31(28,4)29(35)36-5/h7,10,12-13,17-18,22,25,28H,6,8-9,11,14-16H2,1-5H3/t22-,25+,28?,30-,31+/m1/s1. The zero-order valence-electron chi connectivity index (χ0n) is 23.0. The molecule has 2 fully saturated rings. The molecule has 4 rings (SSSR count). The molecule has 2 aliphatic rings. The predicted octanol–water partition coefficient (Wildman–Crippen LogP) is 5.83. The smallest absolute Gasteiger partial charge is 0.311 e. The molecule has 2 aliphatic carbocycles. The molecule has 38 heavy (non-hydrogen) atoms. The fraction of sp³-hybridized carbons (Fsp3) is 0.548. The molecule has 0 heterocycles. The fourth-order valence-corrected chi connectivity index (χ4v) is 7.54. The highest BCUT2D eigenvalue weighted by molar-refractivity contribution is 5.96. The van der Waals surface area contributed by atoms with Crippen LogP contribution in [-0.4, -0.2) is 31.3 Å². The van der Waals surface area contributed by atoms with Gasteiger partial charge in [-0.25, -0.2) is 0 Å². The maximum Gasteiger partial charge on any atom is 0.311 e. The van der Waals surface area contributed by atoms with Crippen LogP contribution >= 0.6 is 0 Å². The Bertz CT molecular complexity index is 1250. The fourth-order valence-electron chi connectivity index (χ4n) is 7.54. The van der Waals surface area contributed by atoms with Gasteiger partial charge in [0, 0.05) is 30.5 Å². The maximum atomic E-state index is 12.9. The lowest BCUT2D eigenvalue weighted by Gasteiger charge is -2.58. The molecule has 0 aliphatic heterocycles. The van der Waals surface area contributed by atoms with E-state index in [9.17, 15) is 19.2 Å². The van der Waals surface area contributed by atoms with Gasteiger partial charge in [-0.1, -0.05) is 25.5 Å². The average Bonchev–Trinajstić information content (AvgIpc) is 2.87.